The predicted octanol–water partition coefficient (Wildman–Crippen LogP) is 1.54. The summed E-state index contributed by atoms with van der Waals surface area (Å²) in [6.45, 7) is 0.0433. The molecule has 0 aliphatic rings. The summed E-state index contributed by atoms with van der Waals surface area (Å²) in [5.74, 6) is 0. The summed E-state index contributed by atoms with van der Waals surface area (Å²) < 4.78 is 40.2. The number of hydrogen-bond acceptors (Lipinski definition) is 4. The number of nitrogen functional groups attached to an aromatic ring is 1. The fourth-order valence-electron chi connectivity index (χ4n) is 2.09. The van der Waals surface area contributed by atoms with Gasteiger partial charge < -0.3 is 20.7 Å². The fraction of sp³-hybridized carbons (Fsp3) is 0.308. The van der Waals surface area contributed by atoms with Gasteiger partial charge in [-0.2, -0.15) is 13.2 Å². The number of aromatic nitrogens is 1. The summed E-state index contributed by atoms with van der Waals surface area (Å²) in [7, 11) is 1.39. The van der Waals surface area contributed by atoms with Crippen LogP contribution < -0.4 is 16.6 Å². The first-order valence-electron chi connectivity index (χ1n) is 6.11. The minimum atomic E-state index is -4.64. The van der Waals surface area contributed by atoms with Gasteiger partial charge in [0.05, 0.1) is 29.1 Å². The van der Waals surface area contributed by atoms with Crippen molar-refractivity contribution < 1.29 is 18.3 Å². The maximum absolute atomic E-state index is 13.0. The molecular weight excluding hydrogens is 287 g/mol. The monoisotopic (exact) mass is 301 g/mol. The van der Waals surface area contributed by atoms with Crippen molar-refractivity contribution >= 4 is 22.3 Å². The number of nitrogens with zero attached hydrogens (tertiary/aromatic N) is 1. The van der Waals surface area contributed by atoms with Crippen LogP contribution in [0.15, 0.2) is 23.0 Å². The zero-order valence-corrected chi connectivity index (χ0v) is 11.2. The van der Waals surface area contributed by atoms with Gasteiger partial charge in [0.15, 0.2) is 0 Å². The van der Waals surface area contributed by atoms with Crippen molar-refractivity contribution in [2.24, 2.45) is 7.05 Å². The number of pyridine rings is 1. The Hall–Kier alpha value is -2.22. The van der Waals surface area contributed by atoms with E-state index in [2.05, 4.69) is 5.32 Å². The Morgan fingerprint density at radius 2 is 2.00 bits per heavy atom. The molecule has 114 valence electrons. The lowest BCUT2D eigenvalue weighted by Crippen LogP contribution is -2.21. The van der Waals surface area contributed by atoms with Gasteiger partial charge in [-0.15, -0.1) is 0 Å². The van der Waals surface area contributed by atoms with Crippen LogP contribution in [0, 0.1) is 0 Å². The maximum atomic E-state index is 13.0. The Labute approximate surface area is 117 Å². The van der Waals surface area contributed by atoms with Crippen molar-refractivity contribution in [2.45, 2.75) is 6.18 Å². The van der Waals surface area contributed by atoms with Crippen molar-refractivity contribution in [3.05, 3.63) is 34.1 Å². The summed E-state index contributed by atoms with van der Waals surface area (Å²) in [6, 6.07) is 3.11. The molecule has 0 atom stereocenters. The fourth-order valence-corrected chi connectivity index (χ4v) is 2.09. The van der Waals surface area contributed by atoms with E-state index in [4.69, 9.17) is 10.8 Å². The Morgan fingerprint density at radius 1 is 1.33 bits per heavy atom. The number of fused-ring (bicyclic) bond motifs is 1. The lowest BCUT2D eigenvalue weighted by atomic mass is 10.1. The number of benzene rings is 1. The van der Waals surface area contributed by atoms with E-state index in [1.54, 1.807) is 0 Å². The quantitative estimate of drug-likeness (QED) is 0.751. The molecule has 0 unspecified atom stereocenters. The maximum Gasteiger partial charge on any atom is 0.417 e. The van der Waals surface area contributed by atoms with Gasteiger partial charge >= 0.3 is 6.18 Å². The van der Waals surface area contributed by atoms with Crippen LogP contribution in [0.2, 0.25) is 0 Å². The SMILES string of the molecule is Cn1c(=O)cc(C(F)(F)F)c2cc(N)c(NCCO)cc21. The van der Waals surface area contributed by atoms with Crippen LogP contribution in [0.4, 0.5) is 24.5 Å². The van der Waals surface area contributed by atoms with E-state index in [-0.39, 0.29) is 29.7 Å². The van der Waals surface area contributed by atoms with Crippen molar-refractivity contribution in [3.63, 3.8) is 0 Å². The minimum Gasteiger partial charge on any atom is -0.397 e. The van der Waals surface area contributed by atoms with Crippen LogP contribution >= 0.6 is 0 Å². The van der Waals surface area contributed by atoms with Gasteiger partial charge in [-0.1, -0.05) is 0 Å². The lowest BCUT2D eigenvalue weighted by Gasteiger charge is -2.16. The molecule has 5 nitrogen and oxygen atoms in total. The third kappa shape index (κ3) is 2.80. The molecule has 4 N–H and O–H groups in total. The second-order valence-electron chi connectivity index (χ2n) is 4.56. The van der Waals surface area contributed by atoms with E-state index < -0.39 is 17.3 Å². The summed E-state index contributed by atoms with van der Waals surface area (Å²) in [4.78, 5) is 11.7. The van der Waals surface area contributed by atoms with E-state index in [0.29, 0.717) is 11.8 Å². The number of alkyl halides is 3. The van der Waals surface area contributed by atoms with E-state index in [1.807, 2.05) is 0 Å². The Kier molecular flexibility index (Phi) is 3.82. The molecule has 0 saturated heterocycles. The molecule has 0 amide bonds. The normalized spacial score (nSPS) is 11.9. The average molecular weight is 301 g/mol. The zero-order chi connectivity index (χ0) is 15.8. The Bertz CT molecular complexity index is 738. The molecule has 0 fully saturated rings. The lowest BCUT2D eigenvalue weighted by molar-refractivity contribution is -0.136. The highest BCUT2D eigenvalue weighted by atomic mass is 19.4. The third-order valence-corrected chi connectivity index (χ3v) is 3.15. The molecule has 2 rings (SSSR count). The van der Waals surface area contributed by atoms with Gasteiger partial charge in [0, 0.05) is 25.0 Å². The highest BCUT2D eigenvalue weighted by Crippen LogP contribution is 2.36. The van der Waals surface area contributed by atoms with Crippen LogP contribution in [0.3, 0.4) is 0 Å². The first-order chi connectivity index (χ1) is 9.75. The second-order valence-corrected chi connectivity index (χ2v) is 4.56. The van der Waals surface area contributed by atoms with E-state index >= 15 is 0 Å². The number of aliphatic hydroxyl groups excluding tert-OH is 1. The van der Waals surface area contributed by atoms with Crippen LogP contribution in [-0.2, 0) is 13.2 Å². The average Bonchev–Trinajstić information content (AvgIpc) is 2.39. The zero-order valence-electron chi connectivity index (χ0n) is 11.2. The topological polar surface area (TPSA) is 80.3 Å². The highest BCUT2D eigenvalue weighted by Gasteiger charge is 2.34. The number of anilines is 2. The first kappa shape index (κ1) is 15.2. The van der Waals surface area contributed by atoms with Gasteiger partial charge in [-0.05, 0) is 12.1 Å². The van der Waals surface area contributed by atoms with E-state index in [0.717, 1.165) is 4.57 Å². The van der Waals surface area contributed by atoms with Gasteiger partial charge in [0.25, 0.3) is 5.56 Å². The smallest absolute Gasteiger partial charge is 0.397 e. The second kappa shape index (κ2) is 5.28. The van der Waals surface area contributed by atoms with Gasteiger partial charge in [-0.3, -0.25) is 4.79 Å². The van der Waals surface area contributed by atoms with Crippen molar-refractivity contribution in [3.8, 4) is 0 Å². The van der Waals surface area contributed by atoms with Crippen molar-refractivity contribution in [1.29, 1.82) is 0 Å². The molecule has 1 aromatic carbocycles. The number of nitrogens with two attached hydrogens (primary N) is 1. The molecule has 1 aromatic heterocycles. The highest BCUT2D eigenvalue weighted by molar-refractivity contribution is 5.91. The van der Waals surface area contributed by atoms with Gasteiger partial charge in [-0.25, -0.2) is 0 Å². The minimum absolute atomic E-state index is 0.111. The summed E-state index contributed by atoms with van der Waals surface area (Å²) >= 11 is 0. The van der Waals surface area contributed by atoms with Gasteiger partial charge in [0.1, 0.15) is 0 Å². The predicted molar refractivity (Wildman–Crippen MR) is 74.2 cm³/mol. The molecule has 8 heteroatoms. The number of rotatable bonds is 3. The molecule has 0 aliphatic heterocycles. The Balaban J connectivity index is 2.78. The van der Waals surface area contributed by atoms with Crippen LogP contribution in [0.1, 0.15) is 5.56 Å². The molecule has 1 heterocycles. The van der Waals surface area contributed by atoms with Crippen LogP contribution in [-0.4, -0.2) is 22.8 Å². The third-order valence-electron chi connectivity index (χ3n) is 3.15. The molecule has 2 aromatic rings. The molecular formula is C13H14F3N3O2. The summed E-state index contributed by atoms with van der Waals surface area (Å²) in [5.41, 5.74) is 4.55. The summed E-state index contributed by atoms with van der Waals surface area (Å²) in [6.07, 6.45) is -4.64. The molecule has 0 radical (unpaired) electrons. The molecule has 21 heavy (non-hydrogen) atoms. The number of halogens is 3. The largest absolute Gasteiger partial charge is 0.417 e. The standard InChI is InChI=1S/C13H14F3N3O2/c1-19-11-6-10(18-2-3-20)9(17)4-7(11)8(5-12(19)21)13(14,15)16/h4-6,18,20H,2-3,17H2,1H3. The number of nitrogens with one attached hydrogen (secondary N) is 1. The molecule has 0 aliphatic carbocycles. The van der Waals surface area contributed by atoms with Crippen molar-refractivity contribution in [1.82, 2.24) is 4.57 Å². The molecule has 0 spiro atoms. The number of hydrogen-bond donors (Lipinski definition) is 3. The van der Waals surface area contributed by atoms with E-state index in [9.17, 15) is 18.0 Å². The van der Waals surface area contributed by atoms with E-state index in [1.165, 1.54) is 19.2 Å². The number of aliphatic hydroxyl groups is 1. The summed E-state index contributed by atoms with van der Waals surface area (Å²) in [5, 5.41) is 11.4. The van der Waals surface area contributed by atoms with Gasteiger partial charge in [0.2, 0.25) is 0 Å². The number of aryl methyl sites for hydroxylation is 1. The molecule has 0 bridgehead atoms. The van der Waals surface area contributed by atoms with Crippen LogP contribution in [0.5, 0.6) is 0 Å². The Morgan fingerprint density at radius 3 is 2.57 bits per heavy atom. The molecule has 0 saturated carbocycles. The van der Waals surface area contributed by atoms with Crippen LogP contribution in [0.25, 0.3) is 10.9 Å². The first-order valence-corrected chi connectivity index (χ1v) is 6.11. The van der Waals surface area contributed by atoms with Crippen molar-refractivity contribution in [2.75, 3.05) is 24.2 Å².